The van der Waals surface area contributed by atoms with E-state index in [-0.39, 0.29) is 18.4 Å². The number of amides is 2. The van der Waals surface area contributed by atoms with Crippen LogP contribution in [-0.4, -0.2) is 16.7 Å². The lowest BCUT2D eigenvalue weighted by Crippen LogP contribution is -2.30. The van der Waals surface area contributed by atoms with Gasteiger partial charge in [-0.15, -0.1) is 0 Å². The normalized spacial score (nSPS) is 14.0. The van der Waals surface area contributed by atoms with Gasteiger partial charge in [0.25, 0.3) is 11.8 Å². The number of carbonyl (C=O) groups excluding carboxylic acids is 2. The lowest BCUT2D eigenvalue weighted by Gasteiger charge is -2.15. The first-order valence-corrected chi connectivity index (χ1v) is 10.9. The number of nitrogens with zero attached hydrogens (tertiary/aromatic N) is 1. The molecule has 3 aromatic rings. The highest BCUT2D eigenvalue weighted by Gasteiger charge is 2.40. The Morgan fingerprint density at radius 3 is 2.23 bits per heavy atom. The van der Waals surface area contributed by atoms with E-state index in [1.807, 2.05) is 61.5 Å². The summed E-state index contributed by atoms with van der Waals surface area (Å²) >= 11 is 13.7. The zero-order chi connectivity index (χ0) is 21.3. The quantitative estimate of drug-likeness (QED) is 0.420. The molecule has 2 amide bonds. The summed E-state index contributed by atoms with van der Waals surface area (Å²) in [7, 11) is 0. The first kappa shape index (κ1) is 20.7. The SMILES string of the molecule is Cc1ccc(CN2C(=O)C(Sc3ccccc3)=C(c3ccc(Cl)cc3Cl)C2=O)cc1. The average molecular weight is 454 g/mol. The van der Waals surface area contributed by atoms with E-state index in [9.17, 15) is 9.59 Å². The van der Waals surface area contributed by atoms with E-state index < -0.39 is 0 Å². The number of rotatable bonds is 5. The summed E-state index contributed by atoms with van der Waals surface area (Å²) in [5, 5.41) is 0.803. The van der Waals surface area contributed by atoms with Crippen LogP contribution in [0, 0.1) is 6.92 Å². The zero-order valence-corrected chi connectivity index (χ0v) is 18.4. The van der Waals surface area contributed by atoms with Crippen LogP contribution in [0.1, 0.15) is 16.7 Å². The van der Waals surface area contributed by atoms with Crippen molar-refractivity contribution in [3.63, 3.8) is 0 Å². The van der Waals surface area contributed by atoms with Gasteiger partial charge in [-0.05, 0) is 36.8 Å². The van der Waals surface area contributed by atoms with E-state index in [0.29, 0.717) is 26.1 Å². The first-order valence-electron chi connectivity index (χ1n) is 9.28. The van der Waals surface area contributed by atoms with Crippen molar-refractivity contribution in [3.05, 3.63) is 104 Å². The Morgan fingerprint density at radius 2 is 1.57 bits per heavy atom. The molecule has 3 nitrogen and oxygen atoms in total. The Hall–Kier alpha value is -2.53. The van der Waals surface area contributed by atoms with Gasteiger partial charge in [-0.2, -0.15) is 0 Å². The smallest absolute Gasteiger partial charge is 0.268 e. The van der Waals surface area contributed by atoms with Crippen LogP contribution in [0.25, 0.3) is 5.57 Å². The summed E-state index contributed by atoms with van der Waals surface area (Å²) in [5.74, 6) is -0.682. The molecular formula is C24H17Cl2NO2S. The Labute approximate surface area is 189 Å². The molecule has 6 heteroatoms. The van der Waals surface area contributed by atoms with Gasteiger partial charge in [0.15, 0.2) is 0 Å². The van der Waals surface area contributed by atoms with Crippen LogP contribution in [0.5, 0.6) is 0 Å². The fourth-order valence-electron chi connectivity index (χ4n) is 3.20. The van der Waals surface area contributed by atoms with Crippen molar-refractivity contribution < 1.29 is 9.59 Å². The summed E-state index contributed by atoms with van der Waals surface area (Å²) in [6, 6.07) is 22.2. The molecule has 1 aliphatic heterocycles. The van der Waals surface area contributed by atoms with Crippen LogP contribution in [0.2, 0.25) is 10.0 Å². The minimum atomic E-state index is -0.358. The second kappa shape index (κ2) is 8.68. The second-order valence-electron chi connectivity index (χ2n) is 6.93. The monoisotopic (exact) mass is 453 g/mol. The van der Waals surface area contributed by atoms with Crippen LogP contribution in [0.15, 0.2) is 82.6 Å². The number of hydrogen-bond donors (Lipinski definition) is 0. The third-order valence-corrected chi connectivity index (χ3v) is 6.39. The minimum absolute atomic E-state index is 0.200. The van der Waals surface area contributed by atoms with Crippen molar-refractivity contribution >= 4 is 52.4 Å². The fourth-order valence-corrected chi connectivity index (χ4v) is 4.73. The number of hydrogen-bond acceptors (Lipinski definition) is 3. The molecule has 0 unspecified atom stereocenters. The molecule has 0 aliphatic carbocycles. The molecule has 1 aliphatic rings. The van der Waals surface area contributed by atoms with Crippen molar-refractivity contribution in [1.29, 1.82) is 0 Å². The molecule has 1 heterocycles. The Balaban J connectivity index is 1.76. The highest BCUT2D eigenvalue weighted by Crippen LogP contribution is 2.42. The molecule has 150 valence electrons. The molecule has 0 bridgehead atoms. The molecule has 0 saturated heterocycles. The van der Waals surface area contributed by atoms with Gasteiger partial charge in [0.2, 0.25) is 0 Å². The van der Waals surface area contributed by atoms with Crippen LogP contribution in [0.4, 0.5) is 0 Å². The van der Waals surface area contributed by atoms with Crippen molar-refractivity contribution in [2.75, 3.05) is 0 Å². The van der Waals surface area contributed by atoms with Gasteiger partial charge < -0.3 is 0 Å². The fraction of sp³-hybridized carbons (Fsp3) is 0.0833. The summed E-state index contributed by atoms with van der Waals surface area (Å²) in [5.41, 5.74) is 2.81. The first-order chi connectivity index (χ1) is 14.4. The maximum absolute atomic E-state index is 13.4. The van der Waals surface area contributed by atoms with Crippen molar-refractivity contribution in [1.82, 2.24) is 4.90 Å². The average Bonchev–Trinajstić information content (AvgIpc) is 2.95. The molecule has 0 radical (unpaired) electrons. The zero-order valence-electron chi connectivity index (χ0n) is 16.1. The molecule has 0 fully saturated rings. The molecule has 0 atom stereocenters. The topological polar surface area (TPSA) is 37.4 Å². The highest BCUT2D eigenvalue weighted by atomic mass is 35.5. The molecule has 0 saturated carbocycles. The van der Waals surface area contributed by atoms with E-state index in [0.717, 1.165) is 16.0 Å². The predicted octanol–water partition coefficient (Wildman–Crippen LogP) is 6.37. The number of carbonyl (C=O) groups is 2. The summed E-state index contributed by atoms with van der Waals surface area (Å²) in [6.45, 7) is 2.19. The lowest BCUT2D eigenvalue weighted by molar-refractivity contribution is -0.137. The largest absolute Gasteiger partial charge is 0.269 e. The highest BCUT2D eigenvalue weighted by molar-refractivity contribution is 8.04. The summed E-state index contributed by atoms with van der Waals surface area (Å²) < 4.78 is 0. The summed E-state index contributed by atoms with van der Waals surface area (Å²) in [4.78, 5) is 29.2. The standard InChI is InChI=1S/C24H17Cl2NO2S/c1-15-7-9-16(10-8-15)14-27-23(28)21(19-12-11-17(25)13-20(19)26)22(24(27)29)30-18-5-3-2-4-6-18/h2-13H,14H2,1H3. The maximum atomic E-state index is 13.4. The number of benzene rings is 3. The molecule has 3 aromatic carbocycles. The lowest BCUT2D eigenvalue weighted by atomic mass is 10.1. The van der Waals surface area contributed by atoms with Gasteiger partial charge in [0, 0.05) is 15.5 Å². The van der Waals surface area contributed by atoms with E-state index in [4.69, 9.17) is 23.2 Å². The predicted molar refractivity (Wildman–Crippen MR) is 122 cm³/mol. The third kappa shape index (κ3) is 4.17. The van der Waals surface area contributed by atoms with Gasteiger partial charge in [0.05, 0.1) is 22.0 Å². The van der Waals surface area contributed by atoms with Gasteiger partial charge >= 0.3 is 0 Å². The summed E-state index contributed by atoms with van der Waals surface area (Å²) in [6.07, 6.45) is 0. The minimum Gasteiger partial charge on any atom is -0.269 e. The molecule has 0 N–H and O–H groups in total. The third-order valence-electron chi connectivity index (χ3n) is 4.75. The van der Waals surface area contributed by atoms with Crippen molar-refractivity contribution in [2.24, 2.45) is 0 Å². The van der Waals surface area contributed by atoms with Crippen molar-refractivity contribution in [3.8, 4) is 0 Å². The van der Waals surface area contributed by atoms with E-state index >= 15 is 0 Å². The van der Waals surface area contributed by atoms with E-state index in [1.54, 1.807) is 18.2 Å². The molecule has 30 heavy (non-hydrogen) atoms. The number of aryl methyl sites for hydroxylation is 1. The number of thioether (sulfide) groups is 1. The molecule has 0 aromatic heterocycles. The van der Waals surface area contributed by atoms with Gasteiger partial charge in [-0.25, -0.2) is 0 Å². The number of halogens is 2. The van der Waals surface area contributed by atoms with Crippen LogP contribution in [0.3, 0.4) is 0 Å². The van der Waals surface area contributed by atoms with Gasteiger partial charge in [0.1, 0.15) is 0 Å². The van der Waals surface area contributed by atoms with Crippen LogP contribution in [-0.2, 0) is 16.1 Å². The van der Waals surface area contributed by atoms with Crippen LogP contribution >= 0.6 is 35.0 Å². The maximum Gasteiger partial charge on any atom is 0.268 e. The second-order valence-corrected chi connectivity index (χ2v) is 8.85. The van der Waals surface area contributed by atoms with Crippen molar-refractivity contribution in [2.45, 2.75) is 18.4 Å². The Kier molecular flexibility index (Phi) is 6.00. The van der Waals surface area contributed by atoms with E-state index in [1.165, 1.54) is 16.7 Å². The molecule has 4 rings (SSSR count). The number of imide groups is 1. The van der Waals surface area contributed by atoms with Gasteiger partial charge in [-0.1, -0.05) is 89.1 Å². The molecule has 0 spiro atoms. The van der Waals surface area contributed by atoms with Gasteiger partial charge in [-0.3, -0.25) is 14.5 Å². The Bertz CT molecular complexity index is 1160. The Morgan fingerprint density at radius 1 is 0.867 bits per heavy atom. The van der Waals surface area contributed by atoms with E-state index in [2.05, 4.69) is 0 Å². The molecular weight excluding hydrogens is 437 g/mol. The van der Waals surface area contributed by atoms with Crippen LogP contribution < -0.4 is 0 Å².